The molecular weight excluding hydrogens is 276 g/mol. The standard InChI is InChI=1S/C10H16N2O4S2/c1-8-7-9(3-4-10(8)11)12-18(15,16)6-5-17(2,13)14/h3-4,7,12H,5-6,11H2,1-2H3. The van der Waals surface area contributed by atoms with Gasteiger partial charge in [0.2, 0.25) is 10.0 Å². The predicted octanol–water partition coefficient (Wildman–Crippen LogP) is 0.364. The zero-order chi connectivity index (χ0) is 14.0. The smallest absolute Gasteiger partial charge is 0.233 e. The second kappa shape index (κ2) is 5.15. The van der Waals surface area contributed by atoms with Crippen molar-refractivity contribution in [2.45, 2.75) is 6.92 Å². The number of nitrogens with two attached hydrogens (primary N) is 1. The summed E-state index contributed by atoms with van der Waals surface area (Å²) in [7, 11) is -6.97. The van der Waals surface area contributed by atoms with Crippen LogP contribution >= 0.6 is 0 Å². The first-order valence-electron chi connectivity index (χ1n) is 5.13. The van der Waals surface area contributed by atoms with Crippen molar-refractivity contribution >= 4 is 31.2 Å². The maximum Gasteiger partial charge on any atom is 0.233 e. The van der Waals surface area contributed by atoms with E-state index in [0.29, 0.717) is 11.4 Å². The first-order valence-corrected chi connectivity index (χ1v) is 8.85. The van der Waals surface area contributed by atoms with E-state index in [9.17, 15) is 16.8 Å². The summed E-state index contributed by atoms with van der Waals surface area (Å²) in [5.74, 6) is -0.869. The molecule has 0 saturated carbocycles. The number of sulfone groups is 1. The van der Waals surface area contributed by atoms with Crippen LogP contribution in [0.5, 0.6) is 0 Å². The van der Waals surface area contributed by atoms with Crippen LogP contribution in [-0.4, -0.2) is 34.6 Å². The average Bonchev–Trinajstić information content (AvgIpc) is 2.20. The maximum absolute atomic E-state index is 11.6. The van der Waals surface area contributed by atoms with E-state index in [0.717, 1.165) is 11.8 Å². The molecule has 0 heterocycles. The maximum atomic E-state index is 11.6. The number of aryl methyl sites for hydroxylation is 1. The molecule has 8 heteroatoms. The Balaban J connectivity index is 2.80. The van der Waals surface area contributed by atoms with Crippen LogP contribution in [0.3, 0.4) is 0 Å². The van der Waals surface area contributed by atoms with Gasteiger partial charge in [-0.2, -0.15) is 0 Å². The van der Waals surface area contributed by atoms with E-state index in [1.54, 1.807) is 19.1 Å². The first kappa shape index (κ1) is 14.8. The minimum absolute atomic E-state index is 0.371. The van der Waals surface area contributed by atoms with Gasteiger partial charge >= 0.3 is 0 Å². The Labute approximate surface area is 107 Å². The molecule has 0 aliphatic rings. The fourth-order valence-corrected chi connectivity index (χ4v) is 3.91. The highest BCUT2D eigenvalue weighted by atomic mass is 32.2. The quantitative estimate of drug-likeness (QED) is 0.762. The lowest BCUT2D eigenvalue weighted by molar-refractivity contribution is 0.593. The van der Waals surface area contributed by atoms with Gasteiger partial charge in [-0.05, 0) is 30.7 Å². The summed E-state index contributed by atoms with van der Waals surface area (Å²) in [4.78, 5) is 0. The number of hydrogen-bond donors (Lipinski definition) is 2. The van der Waals surface area contributed by atoms with Gasteiger partial charge in [-0.25, -0.2) is 16.8 Å². The van der Waals surface area contributed by atoms with E-state index in [4.69, 9.17) is 5.73 Å². The summed E-state index contributed by atoms with van der Waals surface area (Å²) in [6.07, 6.45) is 0.996. The van der Waals surface area contributed by atoms with Crippen molar-refractivity contribution in [3.8, 4) is 0 Å². The third-order valence-corrected chi connectivity index (χ3v) is 4.76. The lowest BCUT2D eigenvalue weighted by atomic mass is 10.2. The lowest BCUT2D eigenvalue weighted by Gasteiger charge is -2.09. The molecule has 3 N–H and O–H groups in total. The molecule has 1 aromatic rings. The average molecular weight is 292 g/mol. The van der Waals surface area contributed by atoms with Crippen molar-refractivity contribution < 1.29 is 16.8 Å². The van der Waals surface area contributed by atoms with E-state index in [2.05, 4.69) is 4.72 Å². The molecule has 6 nitrogen and oxygen atoms in total. The van der Waals surface area contributed by atoms with Gasteiger partial charge in [0.1, 0.15) is 9.84 Å². The Morgan fingerprint density at radius 1 is 1.17 bits per heavy atom. The Morgan fingerprint density at radius 3 is 2.28 bits per heavy atom. The van der Waals surface area contributed by atoms with Crippen LogP contribution in [0.4, 0.5) is 11.4 Å². The summed E-state index contributed by atoms with van der Waals surface area (Å²) in [5, 5.41) is 0. The molecule has 18 heavy (non-hydrogen) atoms. The van der Waals surface area contributed by atoms with Crippen molar-refractivity contribution in [2.75, 3.05) is 28.2 Å². The van der Waals surface area contributed by atoms with E-state index >= 15 is 0 Å². The van der Waals surface area contributed by atoms with Gasteiger partial charge in [-0.3, -0.25) is 4.72 Å². The minimum atomic E-state index is -3.67. The molecule has 1 rings (SSSR count). The molecule has 0 atom stereocenters. The normalized spacial score (nSPS) is 12.3. The molecule has 0 aliphatic heterocycles. The fraction of sp³-hybridized carbons (Fsp3) is 0.400. The summed E-state index contributed by atoms with van der Waals surface area (Å²) >= 11 is 0. The molecule has 0 aliphatic carbocycles. The Hall–Kier alpha value is -1.28. The van der Waals surface area contributed by atoms with Crippen LogP contribution in [0.1, 0.15) is 5.56 Å². The van der Waals surface area contributed by atoms with Gasteiger partial charge in [0.25, 0.3) is 0 Å². The number of hydrogen-bond acceptors (Lipinski definition) is 5. The summed E-state index contributed by atoms with van der Waals surface area (Å²) in [6, 6.07) is 4.71. The molecule has 0 amide bonds. The molecule has 102 valence electrons. The van der Waals surface area contributed by atoms with Crippen molar-refractivity contribution in [2.24, 2.45) is 0 Å². The van der Waals surface area contributed by atoms with Crippen LogP contribution in [0.25, 0.3) is 0 Å². The highest BCUT2D eigenvalue weighted by Gasteiger charge is 2.14. The zero-order valence-electron chi connectivity index (χ0n) is 10.2. The molecule has 0 fully saturated rings. The largest absolute Gasteiger partial charge is 0.399 e. The number of nitrogen functional groups attached to an aromatic ring is 1. The van der Waals surface area contributed by atoms with Gasteiger partial charge in [0.05, 0.1) is 11.5 Å². The van der Waals surface area contributed by atoms with Crippen LogP contribution in [-0.2, 0) is 19.9 Å². The van der Waals surface area contributed by atoms with E-state index in [1.807, 2.05) is 0 Å². The van der Waals surface area contributed by atoms with Gasteiger partial charge in [0, 0.05) is 17.6 Å². The second-order valence-electron chi connectivity index (χ2n) is 4.12. The van der Waals surface area contributed by atoms with Crippen LogP contribution < -0.4 is 10.5 Å². The minimum Gasteiger partial charge on any atom is -0.399 e. The van der Waals surface area contributed by atoms with Gasteiger partial charge in [0.15, 0.2) is 0 Å². The Bertz CT molecular complexity index is 636. The highest BCUT2D eigenvalue weighted by Crippen LogP contribution is 2.17. The topological polar surface area (TPSA) is 106 Å². The van der Waals surface area contributed by atoms with Gasteiger partial charge < -0.3 is 5.73 Å². The second-order valence-corrected chi connectivity index (χ2v) is 8.22. The van der Waals surface area contributed by atoms with Crippen LogP contribution in [0.2, 0.25) is 0 Å². The SMILES string of the molecule is Cc1cc(NS(=O)(=O)CCS(C)(=O)=O)ccc1N. The number of rotatable bonds is 5. The Kier molecular flexibility index (Phi) is 4.23. The van der Waals surface area contributed by atoms with E-state index < -0.39 is 31.4 Å². The molecular formula is C10H16N2O4S2. The van der Waals surface area contributed by atoms with Crippen LogP contribution in [0, 0.1) is 6.92 Å². The summed E-state index contributed by atoms with van der Waals surface area (Å²) in [5.41, 5.74) is 7.29. The summed E-state index contributed by atoms with van der Waals surface area (Å²) < 4.78 is 47.4. The Morgan fingerprint density at radius 2 is 1.78 bits per heavy atom. The van der Waals surface area contributed by atoms with Crippen molar-refractivity contribution in [3.05, 3.63) is 23.8 Å². The number of sulfonamides is 1. The molecule has 0 unspecified atom stereocenters. The third-order valence-electron chi connectivity index (χ3n) is 2.27. The highest BCUT2D eigenvalue weighted by molar-refractivity contribution is 7.95. The summed E-state index contributed by atoms with van der Waals surface area (Å²) in [6.45, 7) is 1.75. The molecule has 0 bridgehead atoms. The molecule has 0 radical (unpaired) electrons. The number of benzene rings is 1. The van der Waals surface area contributed by atoms with Gasteiger partial charge in [-0.1, -0.05) is 0 Å². The third kappa shape index (κ3) is 4.92. The predicted molar refractivity (Wildman–Crippen MR) is 72.7 cm³/mol. The molecule has 0 spiro atoms. The van der Waals surface area contributed by atoms with Gasteiger partial charge in [-0.15, -0.1) is 0 Å². The fourth-order valence-electron chi connectivity index (χ4n) is 1.23. The number of nitrogens with one attached hydrogen (secondary N) is 1. The lowest BCUT2D eigenvalue weighted by Crippen LogP contribution is -2.22. The first-order chi connectivity index (χ1) is 8.09. The van der Waals surface area contributed by atoms with E-state index in [1.165, 1.54) is 6.07 Å². The molecule has 1 aromatic carbocycles. The van der Waals surface area contributed by atoms with Crippen molar-refractivity contribution in [1.82, 2.24) is 0 Å². The molecule has 0 saturated heterocycles. The number of anilines is 2. The monoisotopic (exact) mass is 292 g/mol. The van der Waals surface area contributed by atoms with Crippen molar-refractivity contribution in [3.63, 3.8) is 0 Å². The van der Waals surface area contributed by atoms with Crippen LogP contribution in [0.15, 0.2) is 18.2 Å². The zero-order valence-corrected chi connectivity index (χ0v) is 11.8. The molecule has 0 aromatic heterocycles. The van der Waals surface area contributed by atoms with Crippen molar-refractivity contribution in [1.29, 1.82) is 0 Å². The van der Waals surface area contributed by atoms with E-state index in [-0.39, 0.29) is 0 Å².